The van der Waals surface area contributed by atoms with Crippen LogP contribution in [-0.2, 0) is 9.53 Å². The van der Waals surface area contributed by atoms with Crippen LogP contribution in [0.1, 0.15) is 25.7 Å². The van der Waals surface area contributed by atoms with Crippen molar-refractivity contribution < 1.29 is 14.6 Å². The zero-order chi connectivity index (χ0) is 12.3. The van der Waals surface area contributed by atoms with Gasteiger partial charge >= 0.3 is 5.97 Å². The fourth-order valence-electron chi connectivity index (χ4n) is 2.93. The van der Waals surface area contributed by atoms with Gasteiger partial charge in [0, 0.05) is 19.1 Å². The number of rotatable bonds is 4. The molecular formula is C12H22N2O3. The number of likely N-dealkylation sites (N-methyl/N-ethyl adjacent to an activating group) is 1. The molecule has 0 amide bonds. The molecule has 1 heterocycles. The zero-order valence-corrected chi connectivity index (χ0v) is 10.4. The SMILES string of the molecule is CNC(CN1CCOC2CCCCC21)C(=O)O. The van der Waals surface area contributed by atoms with Crippen LogP contribution in [0.3, 0.4) is 0 Å². The quantitative estimate of drug-likeness (QED) is 0.742. The van der Waals surface area contributed by atoms with Gasteiger partial charge in [-0.3, -0.25) is 9.69 Å². The fraction of sp³-hybridized carbons (Fsp3) is 0.917. The number of fused-ring (bicyclic) bond motifs is 1. The number of aliphatic carboxylic acids is 1. The molecule has 2 rings (SSSR count). The van der Waals surface area contributed by atoms with E-state index in [0.29, 0.717) is 18.7 Å². The molecule has 3 atom stereocenters. The number of morpholine rings is 1. The summed E-state index contributed by atoms with van der Waals surface area (Å²) in [4.78, 5) is 13.3. The minimum Gasteiger partial charge on any atom is -0.480 e. The summed E-state index contributed by atoms with van der Waals surface area (Å²) in [7, 11) is 1.71. The van der Waals surface area contributed by atoms with E-state index in [4.69, 9.17) is 9.84 Å². The number of carboxylic acid groups (broad SMARTS) is 1. The smallest absolute Gasteiger partial charge is 0.322 e. The van der Waals surface area contributed by atoms with Crippen LogP contribution in [-0.4, -0.2) is 60.9 Å². The Balaban J connectivity index is 1.96. The van der Waals surface area contributed by atoms with Crippen molar-refractivity contribution >= 4 is 5.97 Å². The topological polar surface area (TPSA) is 61.8 Å². The first kappa shape index (κ1) is 12.8. The van der Waals surface area contributed by atoms with E-state index in [1.54, 1.807) is 7.05 Å². The Labute approximate surface area is 102 Å². The summed E-state index contributed by atoms with van der Waals surface area (Å²) in [5.74, 6) is -0.772. The van der Waals surface area contributed by atoms with Crippen LogP contribution < -0.4 is 5.32 Å². The highest BCUT2D eigenvalue weighted by molar-refractivity contribution is 5.73. The molecule has 0 bridgehead atoms. The Morgan fingerprint density at radius 1 is 1.53 bits per heavy atom. The van der Waals surface area contributed by atoms with E-state index < -0.39 is 12.0 Å². The predicted octanol–water partition coefficient (Wildman–Crippen LogP) is 0.302. The molecule has 1 saturated carbocycles. The lowest BCUT2D eigenvalue weighted by Gasteiger charge is -2.44. The molecular weight excluding hydrogens is 220 g/mol. The predicted molar refractivity (Wildman–Crippen MR) is 64.1 cm³/mol. The second-order valence-electron chi connectivity index (χ2n) is 4.94. The molecule has 0 radical (unpaired) electrons. The van der Waals surface area contributed by atoms with Gasteiger partial charge in [-0.1, -0.05) is 12.8 Å². The summed E-state index contributed by atoms with van der Waals surface area (Å²) < 4.78 is 5.78. The van der Waals surface area contributed by atoms with Gasteiger partial charge < -0.3 is 15.2 Å². The largest absolute Gasteiger partial charge is 0.480 e. The minimum atomic E-state index is -0.772. The van der Waals surface area contributed by atoms with Gasteiger partial charge in [-0.15, -0.1) is 0 Å². The summed E-state index contributed by atoms with van der Waals surface area (Å²) in [6.45, 7) is 2.17. The highest BCUT2D eigenvalue weighted by atomic mass is 16.5. The van der Waals surface area contributed by atoms with Gasteiger partial charge in [0.05, 0.1) is 12.7 Å². The van der Waals surface area contributed by atoms with Crippen LogP contribution in [0.2, 0.25) is 0 Å². The van der Waals surface area contributed by atoms with Crippen LogP contribution in [0.4, 0.5) is 0 Å². The molecule has 0 aromatic rings. The molecule has 0 spiro atoms. The molecule has 5 nitrogen and oxygen atoms in total. The van der Waals surface area contributed by atoms with Crippen molar-refractivity contribution in [3.63, 3.8) is 0 Å². The van der Waals surface area contributed by atoms with E-state index in [2.05, 4.69) is 10.2 Å². The molecule has 5 heteroatoms. The molecule has 1 saturated heterocycles. The van der Waals surface area contributed by atoms with Gasteiger partial charge in [0.25, 0.3) is 0 Å². The molecule has 98 valence electrons. The molecule has 2 N–H and O–H groups in total. The van der Waals surface area contributed by atoms with Gasteiger partial charge in [-0.05, 0) is 19.9 Å². The summed E-state index contributed by atoms with van der Waals surface area (Å²) in [5, 5.41) is 11.9. The summed E-state index contributed by atoms with van der Waals surface area (Å²) in [5.41, 5.74) is 0. The summed E-state index contributed by atoms with van der Waals surface area (Å²) in [6.07, 6.45) is 5.06. The third kappa shape index (κ3) is 2.97. The number of carbonyl (C=O) groups is 1. The van der Waals surface area contributed by atoms with Crippen LogP contribution >= 0.6 is 0 Å². The number of carboxylic acids is 1. The van der Waals surface area contributed by atoms with Crippen molar-refractivity contribution in [2.24, 2.45) is 0 Å². The Kier molecular flexibility index (Phi) is 4.36. The highest BCUT2D eigenvalue weighted by Crippen LogP contribution is 2.28. The number of nitrogens with zero attached hydrogens (tertiary/aromatic N) is 1. The third-order valence-electron chi connectivity index (χ3n) is 3.91. The lowest BCUT2D eigenvalue weighted by atomic mass is 9.90. The molecule has 1 aliphatic heterocycles. The van der Waals surface area contributed by atoms with Crippen molar-refractivity contribution in [2.45, 2.75) is 43.9 Å². The molecule has 2 aliphatic rings. The Bertz CT molecular complexity index is 270. The molecule has 1 aliphatic carbocycles. The van der Waals surface area contributed by atoms with E-state index >= 15 is 0 Å². The van der Waals surface area contributed by atoms with Gasteiger partial charge in [0.1, 0.15) is 6.04 Å². The lowest BCUT2D eigenvalue weighted by Crippen LogP contribution is -2.57. The van der Waals surface area contributed by atoms with E-state index in [1.165, 1.54) is 12.8 Å². The average Bonchev–Trinajstić information content (AvgIpc) is 2.35. The standard InChI is InChI=1S/C12H22N2O3/c1-13-9(12(15)16)8-14-6-7-17-11-5-3-2-4-10(11)14/h9-11,13H,2-8H2,1H3,(H,15,16). The Morgan fingerprint density at radius 3 is 3.00 bits per heavy atom. The normalized spacial score (nSPS) is 31.8. The average molecular weight is 242 g/mol. The van der Waals surface area contributed by atoms with Crippen LogP contribution in [0.5, 0.6) is 0 Å². The van der Waals surface area contributed by atoms with E-state index in [-0.39, 0.29) is 0 Å². The van der Waals surface area contributed by atoms with E-state index in [9.17, 15) is 4.79 Å². The van der Waals surface area contributed by atoms with Crippen LogP contribution in [0.25, 0.3) is 0 Å². The molecule has 0 aromatic carbocycles. The third-order valence-corrected chi connectivity index (χ3v) is 3.91. The van der Waals surface area contributed by atoms with Crippen LogP contribution in [0, 0.1) is 0 Å². The number of nitrogens with one attached hydrogen (secondary N) is 1. The second-order valence-corrected chi connectivity index (χ2v) is 4.94. The maximum atomic E-state index is 11.0. The summed E-state index contributed by atoms with van der Waals surface area (Å²) >= 11 is 0. The monoisotopic (exact) mass is 242 g/mol. The van der Waals surface area contributed by atoms with Crippen molar-refractivity contribution in [1.82, 2.24) is 10.2 Å². The first-order valence-electron chi connectivity index (χ1n) is 6.48. The van der Waals surface area contributed by atoms with Gasteiger partial charge in [0.2, 0.25) is 0 Å². The number of hydrogen-bond acceptors (Lipinski definition) is 4. The van der Waals surface area contributed by atoms with Crippen LogP contribution in [0.15, 0.2) is 0 Å². The fourth-order valence-corrected chi connectivity index (χ4v) is 2.93. The lowest BCUT2D eigenvalue weighted by molar-refractivity contribution is -0.142. The molecule has 17 heavy (non-hydrogen) atoms. The van der Waals surface area contributed by atoms with Crippen molar-refractivity contribution in [3.05, 3.63) is 0 Å². The Hall–Kier alpha value is -0.650. The maximum absolute atomic E-state index is 11.0. The van der Waals surface area contributed by atoms with Gasteiger partial charge in [-0.25, -0.2) is 0 Å². The molecule has 2 fully saturated rings. The summed E-state index contributed by atoms with van der Waals surface area (Å²) in [6, 6.07) is -0.0524. The number of hydrogen-bond donors (Lipinski definition) is 2. The van der Waals surface area contributed by atoms with E-state index in [0.717, 1.165) is 26.0 Å². The zero-order valence-electron chi connectivity index (χ0n) is 10.4. The van der Waals surface area contributed by atoms with E-state index in [1.807, 2.05) is 0 Å². The maximum Gasteiger partial charge on any atom is 0.322 e. The van der Waals surface area contributed by atoms with Crippen molar-refractivity contribution in [2.75, 3.05) is 26.7 Å². The highest BCUT2D eigenvalue weighted by Gasteiger charge is 2.35. The number of ether oxygens (including phenoxy) is 1. The Morgan fingerprint density at radius 2 is 2.29 bits per heavy atom. The molecule has 3 unspecified atom stereocenters. The van der Waals surface area contributed by atoms with Gasteiger partial charge in [0.15, 0.2) is 0 Å². The first-order valence-corrected chi connectivity index (χ1v) is 6.48. The first-order chi connectivity index (χ1) is 8.22. The minimum absolute atomic E-state index is 0.323. The van der Waals surface area contributed by atoms with Crippen molar-refractivity contribution in [3.8, 4) is 0 Å². The van der Waals surface area contributed by atoms with Gasteiger partial charge in [-0.2, -0.15) is 0 Å². The molecule has 0 aromatic heterocycles. The van der Waals surface area contributed by atoms with Crippen molar-refractivity contribution in [1.29, 1.82) is 0 Å². The second kappa shape index (κ2) is 5.80.